The Morgan fingerprint density at radius 2 is 1.94 bits per heavy atom. The van der Waals surface area contributed by atoms with Crippen molar-refractivity contribution in [3.63, 3.8) is 0 Å². The molecule has 0 aromatic heterocycles. The van der Waals surface area contributed by atoms with E-state index in [-0.39, 0.29) is 11.9 Å². The Kier molecular flexibility index (Phi) is 4.34. The molecular formula is C11H16ClN5. The minimum atomic E-state index is -0.134. The fraction of sp³-hybridized carbons (Fsp3) is 0.273. The number of halogens is 1. The number of rotatable bonds is 2. The van der Waals surface area contributed by atoms with Crippen molar-refractivity contribution in [3.05, 3.63) is 28.3 Å². The van der Waals surface area contributed by atoms with Crippen molar-refractivity contribution >= 4 is 29.2 Å². The van der Waals surface area contributed by atoms with Gasteiger partial charge in [-0.1, -0.05) is 24.6 Å². The molecule has 0 heterocycles. The molecule has 0 aliphatic carbocycles. The average Bonchev–Trinajstić information content (AvgIpc) is 2.22. The van der Waals surface area contributed by atoms with Gasteiger partial charge in [-0.25, -0.2) is 4.99 Å². The Morgan fingerprint density at radius 3 is 2.41 bits per heavy atom. The molecular weight excluding hydrogens is 238 g/mol. The molecule has 0 radical (unpaired) electrons. The maximum absolute atomic E-state index is 6.12. The van der Waals surface area contributed by atoms with Gasteiger partial charge in [0.15, 0.2) is 5.96 Å². The molecule has 1 aromatic rings. The monoisotopic (exact) mass is 253 g/mol. The van der Waals surface area contributed by atoms with Gasteiger partial charge in [-0.05, 0) is 30.5 Å². The summed E-state index contributed by atoms with van der Waals surface area (Å²) in [5.41, 5.74) is 18.6. The third-order valence-electron chi connectivity index (χ3n) is 2.19. The summed E-state index contributed by atoms with van der Waals surface area (Å²) in [6.45, 7) is 3.97. The van der Waals surface area contributed by atoms with Gasteiger partial charge < -0.3 is 17.2 Å². The molecule has 0 atom stereocenters. The molecule has 92 valence electrons. The van der Waals surface area contributed by atoms with Gasteiger partial charge in [-0.3, -0.25) is 0 Å². The summed E-state index contributed by atoms with van der Waals surface area (Å²) in [5, 5.41) is 0.538. The third-order valence-corrected chi connectivity index (χ3v) is 2.48. The van der Waals surface area contributed by atoms with Gasteiger partial charge in [0.05, 0.1) is 10.7 Å². The fourth-order valence-corrected chi connectivity index (χ4v) is 1.76. The van der Waals surface area contributed by atoms with Gasteiger partial charge in [-0.15, -0.1) is 0 Å². The van der Waals surface area contributed by atoms with Crippen LogP contribution in [0.25, 0.3) is 0 Å². The zero-order valence-electron chi connectivity index (χ0n) is 9.87. The predicted octanol–water partition coefficient (Wildman–Crippen LogP) is 1.43. The van der Waals surface area contributed by atoms with Crippen molar-refractivity contribution in [2.24, 2.45) is 27.2 Å². The molecule has 1 aromatic carbocycles. The molecule has 0 fully saturated rings. The lowest BCUT2D eigenvalue weighted by atomic mass is 10.1. The SMILES string of the molecule is CCc1cc(C)c(N=C(N)N=C(N)N)c(Cl)c1. The second kappa shape index (κ2) is 5.54. The first kappa shape index (κ1) is 13.3. The summed E-state index contributed by atoms with van der Waals surface area (Å²) >= 11 is 6.12. The lowest BCUT2D eigenvalue weighted by Crippen LogP contribution is -2.26. The Morgan fingerprint density at radius 1 is 1.29 bits per heavy atom. The highest BCUT2D eigenvalue weighted by Gasteiger charge is 2.06. The highest BCUT2D eigenvalue weighted by Crippen LogP contribution is 2.30. The van der Waals surface area contributed by atoms with E-state index in [1.165, 1.54) is 0 Å². The first-order valence-electron chi connectivity index (χ1n) is 5.16. The van der Waals surface area contributed by atoms with Crippen LogP contribution in [0.1, 0.15) is 18.1 Å². The largest absolute Gasteiger partial charge is 0.370 e. The van der Waals surface area contributed by atoms with E-state index in [1.54, 1.807) is 0 Å². The number of aliphatic imine (C=N–C) groups is 2. The van der Waals surface area contributed by atoms with Gasteiger partial charge >= 0.3 is 0 Å². The van der Waals surface area contributed by atoms with E-state index in [4.69, 9.17) is 28.8 Å². The number of hydrogen-bond acceptors (Lipinski definition) is 1. The van der Waals surface area contributed by atoms with Crippen LogP contribution in [0.5, 0.6) is 0 Å². The number of nitrogens with zero attached hydrogens (tertiary/aromatic N) is 2. The van der Waals surface area contributed by atoms with Crippen molar-refractivity contribution in [3.8, 4) is 0 Å². The molecule has 0 bridgehead atoms. The second-order valence-corrected chi connectivity index (χ2v) is 4.01. The summed E-state index contributed by atoms with van der Waals surface area (Å²) in [5.74, 6) is -0.149. The van der Waals surface area contributed by atoms with Gasteiger partial charge in [0.2, 0.25) is 5.96 Å². The standard InChI is InChI=1S/C11H16ClN5/c1-3-7-4-6(2)9(8(12)5-7)16-11(15)17-10(13)14/h4-5H,3H2,1-2H3,(H6,13,14,15,16,17). The van der Waals surface area contributed by atoms with Crippen molar-refractivity contribution in [2.45, 2.75) is 20.3 Å². The second-order valence-electron chi connectivity index (χ2n) is 3.60. The zero-order valence-corrected chi connectivity index (χ0v) is 10.6. The maximum atomic E-state index is 6.12. The van der Waals surface area contributed by atoms with Crippen LogP contribution in [0, 0.1) is 6.92 Å². The molecule has 5 nitrogen and oxygen atoms in total. The number of nitrogens with two attached hydrogens (primary N) is 3. The topological polar surface area (TPSA) is 103 Å². The zero-order chi connectivity index (χ0) is 13.0. The molecule has 0 amide bonds. The van der Waals surface area contributed by atoms with Crippen LogP contribution in [0.2, 0.25) is 5.02 Å². The summed E-state index contributed by atoms with van der Waals surface area (Å²) in [6, 6.07) is 3.86. The fourth-order valence-electron chi connectivity index (χ4n) is 1.43. The summed E-state index contributed by atoms with van der Waals surface area (Å²) in [4.78, 5) is 7.73. The molecule has 0 spiro atoms. The van der Waals surface area contributed by atoms with Crippen LogP contribution in [-0.2, 0) is 6.42 Å². The Labute approximate surface area is 105 Å². The van der Waals surface area contributed by atoms with Crippen molar-refractivity contribution < 1.29 is 0 Å². The normalized spacial score (nSPS) is 11.4. The summed E-state index contributed by atoms with van der Waals surface area (Å²) in [7, 11) is 0. The van der Waals surface area contributed by atoms with E-state index >= 15 is 0 Å². The van der Waals surface area contributed by atoms with Crippen molar-refractivity contribution in [1.82, 2.24) is 0 Å². The van der Waals surface area contributed by atoms with Gasteiger partial charge in [0, 0.05) is 0 Å². The molecule has 6 N–H and O–H groups in total. The molecule has 0 aliphatic rings. The van der Waals surface area contributed by atoms with Gasteiger partial charge in [0.1, 0.15) is 0 Å². The average molecular weight is 254 g/mol. The smallest absolute Gasteiger partial charge is 0.223 e. The molecule has 0 aliphatic heterocycles. The number of hydrogen-bond donors (Lipinski definition) is 3. The predicted molar refractivity (Wildman–Crippen MR) is 72.7 cm³/mol. The van der Waals surface area contributed by atoms with Crippen molar-refractivity contribution in [1.29, 1.82) is 0 Å². The Bertz CT molecular complexity index is 452. The molecule has 0 unspecified atom stereocenters. The highest BCUT2D eigenvalue weighted by atomic mass is 35.5. The van der Waals surface area contributed by atoms with Gasteiger partial charge in [0.25, 0.3) is 0 Å². The Balaban J connectivity index is 3.20. The highest BCUT2D eigenvalue weighted by molar-refractivity contribution is 6.33. The summed E-state index contributed by atoms with van der Waals surface area (Å²) < 4.78 is 0. The van der Waals surface area contributed by atoms with E-state index in [0.29, 0.717) is 10.7 Å². The van der Waals surface area contributed by atoms with Crippen molar-refractivity contribution in [2.75, 3.05) is 0 Å². The minimum absolute atomic E-state index is 0.0146. The molecule has 0 saturated carbocycles. The molecule has 0 saturated heterocycles. The minimum Gasteiger partial charge on any atom is -0.370 e. The molecule has 6 heteroatoms. The van der Waals surface area contributed by atoms with E-state index in [9.17, 15) is 0 Å². The number of guanidine groups is 2. The van der Waals surface area contributed by atoms with E-state index in [1.807, 2.05) is 19.1 Å². The number of benzene rings is 1. The van der Waals surface area contributed by atoms with Crippen LogP contribution in [-0.4, -0.2) is 11.9 Å². The van der Waals surface area contributed by atoms with E-state index < -0.39 is 0 Å². The van der Waals surface area contributed by atoms with E-state index in [2.05, 4.69) is 16.9 Å². The van der Waals surface area contributed by atoms with Crippen LogP contribution in [0.15, 0.2) is 22.1 Å². The first-order valence-corrected chi connectivity index (χ1v) is 5.54. The molecule has 1 rings (SSSR count). The van der Waals surface area contributed by atoms with Crippen LogP contribution in [0.3, 0.4) is 0 Å². The summed E-state index contributed by atoms with van der Waals surface area (Å²) in [6.07, 6.45) is 0.911. The lowest BCUT2D eigenvalue weighted by Gasteiger charge is -2.06. The van der Waals surface area contributed by atoms with Crippen LogP contribution >= 0.6 is 11.6 Å². The first-order chi connectivity index (χ1) is 7.93. The Hall–Kier alpha value is -1.75. The van der Waals surface area contributed by atoms with Gasteiger partial charge in [-0.2, -0.15) is 4.99 Å². The maximum Gasteiger partial charge on any atom is 0.223 e. The quantitative estimate of drug-likeness (QED) is 0.549. The number of aryl methyl sites for hydroxylation is 2. The van der Waals surface area contributed by atoms with Crippen LogP contribution < -0.4 is 17.2 Å². The lowest BCUT2D eigenvalue weighted by molar-refractivity contribution is 1.13. The van der Waals surface area contributed by atoms with E-state index in [0.717, 1.165) is 17.5 Å². The third kappa shape index (κ3) is 3.64. The van der Waals surface area contributed by atoms with Crippen LogP contribution in [0.4, 0.5) is 5.69 Å². The molecule has 17 heavy (non-hydrogen) atoms.